The van der Waals surface area contributed by atoms with Crippen LogP contribution in [0.4, 0.5) is 4.39 Å². The standard InChI is InChI=1S/C11H12FN/c12-8-3-1-2-7(4-8)9-5-11-10(9)6-13-11/h1-4,9-11,13H,5-6H2. The van der Waals surface area contributed by atoms with E-state index in [1.54, 1.807) is 6.07 Å². The number of benzene rings is 1. The molecule has 1 heterocycles. The van der Waals surface area contributed by atoms with Gasteiger partial charge in [0, 0.05) is 12.6 Å². The number of rotatable bonds is 1. The lowest BCUT2D eigenvalue weighted by atomic mass is 9.62. The van der Waals surface area contributed by atoms with Crippen LogP contribution in [0.5, 0.6) is 0 Å². The molecule has 2 heteroatoms. The molecule has 3 unspecified atom stereocenters. The summed E-state index contributed by atoms with van der Waals surface area (Å²) in [4.78, 5) is 0. The van der Waals surface area contributed by atoms with E-state index >= 15 is 0 Å². The second-order valence-electron chi connectivity index (χ2n) is 4.08. The van der Waals surface area contributed by atoms with E-state index in [0.29, 0.717) is 5.92 Å². The van der Waals surface area contributed by atoms with Gasteiger partial charge in [-0.2, -0.15) is 0 Å². The van der Waals surface area contributed by atoms with Crippen LogP contribution in [0.25, 0.3) is 0 Å². The molecule has 1 saturated carbocycles. The lowest BCUT2D eigenvalue weighted by Gasteiger charge is -2.54. The molecule has 0 bridgehead atoms. The summed E-state index contributed by atoms with van der Waals surface area (Å²) < 4.78 is 12.9. The molecule has 13 heavy (non-hydrogen) atoms. The van der Waals surface area contributed by atoms with Crippen molar-refractivity contribution in [2.45, 2.75) is 18.4 Å². The van der Waals surface area contributed by atoms with Gasteiger partial charge in [-0.15, -0.1) is 0 Å². The van der Waals surface area contributed by atoms with Gasteiger partial charge in [0.1, 0.15) is 5.82 Å². The predicted molar refractivity (Wildman–Crippen MR) is 49.0 cm³/mol. The SMILES string of the molecule is Fc1cccc(C2CC3NCC32)c1. The van der Waals surface area contributed by atoms with E-state index in [-0.39, 0.29) is 5.82 Å². The van der Waals surface area contributed by atoms with Crippen LogP contribution in [0.2, 0.25) is 0 Å². The summed E-state index contributed by atoms with van der Waals surface area (Å²) in [5, 5.41) is 3.37. The van der Waals surface area contributed by atoms with Gasteiger partial charge >= 0.3 is 0 Å². The third-order valence-electron chi connectivity index (χ3n) is 3.43. The minimum atomic E-state index is -0.103. The van der Waals surface area contributed by atoms with Crippen LogP contribution in [0.15, 0.2) is 24.3 Å². The average Bonchev–Trinajstić information content (AvgIpc) is 2.10. The third-order valence-corrected chi connectivity index (χ3v) is 3.43. The van der Waals surface area contributed by atoms with Crippen LogP contribution in [0, 0.1) is 11.7 Å². The monoisotopic (exact) mass is 177 g/mol. The van der Waals surface area contributed by atoms with Crippen molar-refractivity contribution in [3.63, 3.8) is 0 Å². The number of fused-ring (bicyclic) bond motifs is 1. The van der Waals surface area contributed by atoms with Gasteiger partial charge in [0.2, 0.25) is 0 Å². The van der Waals surface area contributed by atoms with Crippen molar-refractivity contribution in [3.05, 3.63) is 35.6 Å². The minimum Gasteiger partial charge on any atom is -0.313 e. The number of hydrogen-bond donors (Lipinski definition) is 1. The van der Waals surface area contributed by atoms with Crippen molar-refractivity contribution in [1.82, 2.24) is 5.32 Å². The van der Waals surface area contributed by atoms with Gasteiger partial charge < -0.3 is 5.32 Å². The van der Waals surface area contributed by atoms with Gasteiger partial charge in [-0.3, -0.25) is 0 Å². The summed E-state index contributed by atoms with van der Waals surface area (Å²) in [6.07, 6.45) is 1.19. The van der Waals surface area contributed by atoms with Gasteiger partial charge in [-0.25, -0.2) is 4.39 Å². The molecule has 0 radical (unpaired) electrons. The highest BCUT2D eigenvalue weighted by Gasteiger charge is 2.47. The largest absolute Gasteiger partial charge is 0.313 e. The van der Waals surface area contributed by atoms with Crippen LogP contribution >= 0.6 is 0 Å². The summed E-state index contributed by atoms with van der Waals surface area (Å²) >= 11 is 0. The molecular weight excluding hydrogens is 165 g/mol. The molecule has 1 nitrogen and oxygen atoms in total. The minimum absolute atomic E-state index is 0.103. The van der Waals surface area contributed by atoms with E-state index in [1.807, 2.05) is 12.1 Å². The molecule has 2 fully saturated rings. The highest BCUT2D eigenvalue weighted by Crippen LogP contribution is 2.46. The summed E-state index contributed by atoms with van der Waals surface area (Å²) in [6.45, 7) is 1.12. The zero-order chi connectivity index (χ0) is 8.84. The Kier molecular flexibility index (Phi) is 1.47. The number of piperidine rings is 1. The van der Waals surface area contributed by atoms with Gasteiger partial charge in [0.15, 0.2) is 0 Å². The summed E-state index contributed by atoms with van der Waals surface area (Å²) in [5.74, 6) is 1.29. The first-order valence-corrected chi connectivity index (χ1v) is 4.83. The first-order valence-electron chi connectivity index (χ1n) is 4.83. The molecule has 2 aliphatic rings. The summed E-state index contributed by atoms with van der Waals surface area (Å²) in [7, 11) is 0. The van der Waals surface area contributed by atoms with Crippen molar-refractivity contribution in [3.8, 4) is 0 Å². The van der Waals surface area contributed by atoms with E-state index in [9.17, 15) is 4.39 Å². The molecule has 0 spiro atoms. The number of halogens is 1. The lowest BCUT2D eigenvalue weighted by molar-refractivity contribution is 0.0749. The third kappa shape index (κ3) is 1.02. The lowest BCUT2D eigenvalue weighted by Crippen LogP contribution is -2.63. The topological polar surface area (TPSA) is 12.0 Å². The Morgan fingerprint density at radius 3 is 2.85 bits per heavy atom. The van der Waals surface area contributed by atoms with E-state index < -0.39 is 0 Å². The van der Waals surface area contributed by atoms with Crippen molar-refractivity contribution in [2.75, 3.05) is 6.54 Å². The molecule has 3 rings (SSSR count). The molecular formula is C11H12FN. The second-order valence-corrected chi connectivity index (χ2v) is 4.08. The molecule has 3 atom stereocenters. The number of hydrogen-bond acceptors (Lipinski definition) is 1. The van der Waals surface area contributed by atoms with Crippen molar-refractivity contribution in [2.24, 2.45) is 5.92 Å². The molecule has 0 amide bonds. The molecule has 1 aromatic rings. The van der Waals surface area contributed by atoms with Crippen LogP contribution in [0.3, 0.4) is 0 Å². The normalized spacial score (nSPS) is 35.9. The smallest absolute Gasteiger partial charge is 0.123 e. The quantitative estimate of drug-likeness (QED) is 0.690. The first-order chi connectivity index (χ1) is 6.34. The highest BCUT2D eigenvalue weighted by molar-refractivity contribution is 5.27. The zero-order valence-corrected chi connectivity index (χ0v) is 7.33. The average molecular weight is 177 g/mol. The number of nitrogens with one attached hydrogen (secondary N) is 1. The molecule has 1 aromatic carbocycles. The molecule has 1 aliphatic carbocycles. The fourth-order valence-corrected chi connectivity index (χ4v) is 2.47. The first kappa shape index (κ1) is 7.51. The van der Waals surface area contributed by atoms with E-state index in [4.69, 9.17) is 0 Å². The molecule has 68 valence electrons. The molecule has 1 saturated heterocycles. The van der Waals surface area contributed by atoms with Gasteiger partial charge in [0.25, 0.3) is 0 Å². The molecule has 1 aliphatic heterocycles. The zero-order valence-electron chi connectivity index (χ0n) is 7.33. The second kappa shape index (κ2) is 2.55. The van der Waals surface area contributed by atoms with Crippen LogP contribution in [-0.2, 0) is 0 Å². The Hall–Kier alpha value is -0.890. The van der Waals surface area contributed by atoms with Crippen LogP contribution in [0.1, 0.15) is 17.9 Å². The Bertz CT molecular complexity index is 337. The highest BCUT2D eigenvalue weighted by atomic mass is 19.1. The van der Waals surface area contributed by atoms with Crippen molar-refractivity contribution >= 4 is 0 Å². The Morgan fingerprint density at radius 1 is 1.38 bits per heavy atom. The molecule has 1 N–H and O–H groups in total. The van der Waals surface area contributed by atoms with Crippen LogP contribution in [-0.4, -0.2) is 12.6 Å². The van der Waals surface area contributed by atoms with E-state index in [2.05, 4.69) is 5.32 Å². The maximum Gasteiger partial charge on any atom is 0.123 e. The predicted octanol–water partition coefficient (Wildman–Crippen LogP) is 1.90. The van der Waals surface area contributed by atoms with E-state index in [0.717, 1.165) is 18.5 Å². The Morgan fingerprint density at radius 2 is 2.31 bits per heavy atom. The summed E-state index contributed by atoms with van der Waals surface area (Å²) in [6, 6.07) is 7.78. The van der Waals surface area contributed by atoms with Gasteiger partial charge in [-0.05, 0) is 36.0 Å². The summed E-state index contributed by atoms with van der Waals surface area (Å²) in [5.41, 5.74) is 1.18. The Labute approximate surface area is 77.0 Å². The fourth-order valence-electron chi connectivity index (χ4n) is 2.47. The maximum absolute atomic E-state index is 12.9. The molecule has 0 aromatic heterocycles. The van der Waals surface area contributed by atoms with Crippen molar-refractivity contribution < 1.29 is 4.39 Å². The van der Waals surface area contributed by atoms with Gasteiger partial charge in [-0.1, -0.05) is 12.1 Å². The van der Waals surface area contributed by atoms with E-state index in [1.165, 1.54) is 18.1 Å². The maximum atomic E-state index is 12.9. The van der Waals surface area contributed by atoms with Crippen LogP contribution < -0.4 is 5.32 Å². The van der Waals surface area contributed by atoms with Gasteiger partial charge in [0.05, 0.1) is 0 Å². The Balaban J connectivity index is 1.85. The van der Waals surface area contributed by atoms with Crippen molar-refractivity contribution in [1.29, 1.82) is 0 Å². The fraction of sp³-hybridized carbons (Fsp3) is 0.455.